The Bertz CT molecular complexity index is 1460. The zero-order chi connectivity index (χ0) is 23.7. The largest absolute Gasteiger partial charge is 0.322 e. The third-order valence-corrected chi connectivity index (χ3v) is 7.12. The highest BCUT2D eigenvalue weighted by atomic mass is 32.1. The van der Waals surface area contributed by atoms with Crippen LogP contribution in [-0.2, 0) is 13.0 Å². The summed E-state index contributed by atoms with van der Waals surface area (Å²) in [6.45, 7) is 2.46. The Hall–Kier alpha value is -3.85. The number of amides is 2. The molecule has 0 spiro atoms. The van der Waals surface area contributed by atoms with Crippen LogP contribution in [0.5, 0.6) is 0 Å². The summed E-state index contributed by atoms with van der Waals surface area (Å²) in [6.07, 6.45) is 7.03. The van der Waals surface area contributed by atoms with E-state index in [1.54, 1.807) is 60.3 Å². The molecular weight excluding hydrogens is 450 g/mol. The molecular formula is C25H23N5O3S. The van der Waals surface area contributed by atoms with Crippen LogP contribution in [-0.4, -0.2) is 26.3 Å². The van der Waals surface area contributed by atoms with Crippen molar-refractivity contribution in [1.82, 2.24) is 14.5 Å². The average Bonchev–Trinajstić information content (AvgIpc) is 3.00. The summed E-state index contributed by atoms with van der Waals surface area (Å²) < 4.78 is 1.77. The minimum Gasteiger partial charge on any atom is -0.322 e. The van der Waals surface area contributed by atoms with Crippen molar-refractivity contribution < 1.29 is 9.59 Å². The van der Waals surface area contributed by atoms with Crippen LogP contribution < -0.4 is 16.2 Å². The number of nitrogens with one attached hydrogen (secondary N) is 2. The molecule has 0 saturated heterocycles. The van der Waals surface area contributed by atoms with E-state index in [4.69, 9.17) is 4.98 Å². The van der Waals surface area contributed by atoms with Crippen LogP contribution in [0.3, 0.4) is 0 Å². The van der Waals surface area contributed by atoms with Gasteiger partial charge in [-0.2, -0.15) is 0 Å². The fourth-order valence-corrected chi connectivity index (χ4v) is 5.28. The second-order valence-corrected chi connectivity index (χ2v) is 9.26. The minimum absolute atomic E-state index is 0.0653. The van der Waals surface area contributed by atoms with Gasteiger partial charge in [-0.15, -0.1) is 11.3 Å². The van der Waals surface area contributed by atoms with Gasteiger partial charge in [0.2, 0.25) is 0 Å². The van der Waals surface area contributed by atoms with Gasteiger partial charge in [-0.1, -0.05) is 12.5 Å². The maximum absolute atomic E-state index is 13.2. The number of hydrogen-bond donors (Lipinski definition) is 2. The molecule has 3 aromatic heterocycles. The number of nitrogens with zero attached hydrogens (tertiary/aromatic N) is 3. The number of hydrogen-bond acceptors (Lipinski definition) is 6. The van der Waals surface area contributed by atoms with E-state index in [0.717, 1.165) is 31.5 Å². The van der Waals surface area contributed by atoms with Crippen molar-refractivity contribution in [3.8, 4) is 0 Å². The Kier molecular flexibility index (Phi) is 5.93. The highest BCUT2D eigenvalue weighted by Crippen LogP contribution is 2.29. The molecule has 0 aliphatic carbocycles. The summed E-state index contributed by atoms with van der Waals surface area (Å²) in [5, 5.41) is 6.18. The number of pyridine rings is 1. The Morgan fingerprint density at radius 3 is 2.62 bits per heavy atom. The lowest BCUT2D eigenvalue weighted by atomic mass is 10.1. The quantitative estimate of drug-likeness (QED) is 0.457. The summed E-state index contributed by atoms with van der Waals surface area (Å²) in [5.41, 5.74) is 2.11. The van der Waals surface area contributed by atoms with E-state index in [1.165, 1.54) is 11.3 Å². The smallest absolute Gasteiger partial charge is 0.266 e. The summed E-state index contributed by atoms with van der Waals surface area (Å²) >= 11 is 1.24. The van der Waals surface area contributed by atoms with Crippen molar-refractivity contribution in [3.05, 3.63) is 81.0 Å². The lowest BCUT2D eigenvalue weighted by molar-refractivity contribution is 0.101. The molecule has 1 aliphatic rings. The monoisotopic (exact) mass is 473 g/mol. The van der Waals surface area contributed by atoms with Gasteiger partial charge in [-0.25, -0.2) is 4.98 Å². The molecule has 34 heavy (non-hydrogen) atoms. The van der Waals surface area contributed by atoms with Gasteiger partial charge in [-0.05, 0) is 55.7 Å². The van der Waals surface area contributed by atoms with E-state index in [1.807, 2.05) is 0 Å². The third-order valence-electron chi connectivity index (χ3n) is 5.94. The predicted octanol–water partition coefficient (Wildman–Crippen LogP) is 4.39. The lowest BCUT2D eigenvalue weighted by Gasteiger charge is -2.08. The van der Waals surface area contributed by atoms with Crippen molar-refractivity contribution >= 4 is 44.7 Å². The molecule has 172 valence electrons. The fraction of sp³-hybridized carbons (Fsp3) is 0.240. The first-order valence-corrected chi connectivity index (χ1v) is 12.0. The van der Waals surface area contributed by atoms with Crippen LogP contribution >= 0.6 is 11.3 Å². The molecule has 5 rings (SSSR count). The number of aromatic nitrogens is 3. The number of anilines is 2. The van der Waals surface area contributed by atoms with Gasteiger partial charge in [0, 0.05) is 42.3 Å². The van der Waals surface area contributed by atoms with Crippen molar-refractivity contribution in [1.29, 1.82) is 0 Å². The molecule has 0 bridgehead atoms. The van der Waals surface area contributed by atoms with Crippen LogP contribution in [0.25, 0.3) is 10.2 Å². The average molecular weight is 474 g/mol. The molecule has 1 aliphatic heterocycles. The number of aryl methyl sites for hydroxylation is 2. The van der Waals surface area contributed by atoms with Crippen LogP contribution in [0.2, 0.25) is 0 Å². The van der Waals surface area contributed by atoms with Crippen molar-refractivity contribution in [2.24, 2.45) is 0 Å². The molecule has 1 aromatic carbocycles. The van der Waals surface area contributed by atoms with Gasteiger partial charge < -0.3 is 10.6 Å². The van der Waals surface area contributed by atoms with Crippen molar-refractivity contribution in [2.45, 2.75) is 39.2 Å². The third kappa shape index (κ3) is 4.22. The normalized spacial score (nSPS) is 13.2. The van der Waals surface area contributed by atoms with Crippen LogP contribution in [0.4, 0.5) is 11.4 Å². The second kappa shape index (κ2) is 9.18. The zero-order valence-corrected chi connectivity index (χ0v) is 19.4. The number of benzene rings is 1. The van der Waals surface area contributed by atoms with E-state index in [9.17, 15) is 14.4 Å². The predicted molar refractivity (Wildman–Crippen MR) is 133 cm³/mol. The summed E-state index contributed by atoms with van der Waals surface area (Å²) in [6, 6.07) is 10.1. The van der Waals surface area contributed by atoms with Gasteiger partial charge in [0.1, 0.15) is 10.7 Å². The molecule has 0 atom stereocenters. The molecule has 0 saturated carbocycles. The molecule has 0 fully saturated rings. The molecule has 0 radical (unpaired) electrons. The number of carbonyl (C=O) groups excluding carboxylic acids is 2. The molecule has 2 amide bonds. The van der Waals surface area contributed by atoms with Gasteiger partial charge in [0.05, 0.1) is 10.3 Å². The van der Waals surface area contributed by atoms with E-state index >= 15 is 0 Å². The lowest BCUT2D eigenvalue weighted by Crippen LogP contribution is -2.24. The van der Waals surface area contributed by atoms with E-state index in [-0.39, 0.29) is 17.4 Å². The van der Waals surface area contributed by atoms with Crippen LogP contribution in [0.1, 0.15) is 50.7 Å². The Morgan fingerprint density at radius 2 is 1.79 bits per heavy atom. The van der Waals surface area contributed by atoms with Crippen molar-refractivity contribution in [2.75, 3.05) is 10.6 Å². The van der Waals surface area contributed by atoms with Gasteiger partial charge in [0.15, 0.2) is 0 Å². The Morgan fingerprint density at radius 1 is 1.00 bits per heavy atom. The molecule has 4 aromatic rings. The molecule has 9 heteroatoms. The molecule has 2 N–H and O–H groups in total. The van der Waals surface area contributed by atoms with Crippen LogP contribution in [0, 0.1) is 6.92 Å². The molecule has 4 heterocycles. The van der Waals surface area contributed by atoms with Crippen molar-refractivity contribution in [3.63, 3.8) is 0 Å². The topological polar surface area (TPSA) is 106 Å². The summed E-state index contributed by atoms with van der Waals surface area (Å²) in [5.74, 6) is 0.182. The van der Waals surface area contributed by atoms with E-state index < -0.39 is 0 Å². The summed E-state index contributed by atoms with van der Waals surface area (Å²) in [4.78, 5) is 48.6. The Balaban J connectivity index is 1.40. The highest BCUT2D eigenvalue weighted by molar-refractivity contribution is 7.20. The SMILES string of the molecule is Cc1c(C(=O)Nc2cccc(C(=O)Nc3ccncc3)c2)sc2nc3n(c(=O)c12)CCCCC3. The first-order valence-electron chi connectivity index (χ1n) is 11.2. The Labute approximate surface area is 199 Å². The summed E-state index contributed by atoms with van der Waals surface area (Å²) in [7, 11) is 0. The van der Waals surface area contributed by atoms with E-state index in [2.05, 4.69) is 15.6 Å². The maximum Gasteiger partial charge on any atom is 0.266 e. The number of thiophene rings is 1. The van der Waals surface area contributed by atoms with Gasteiger partial charge in [-0.3, -0.25) is 23.9 Å². The number of fused-ring (bicyclic) bond motifs is 2. The maximum atomic E-state index is 13.2. The second-order valence-electron chi connectivity index (χ2n) is 8.26. The zero-order valence-electron chi connectivity index (χ0n) is 18.6. The first kappa shape index (κ1) is 22.0. The first-order chi connectivity index (χ1) is 16.5. The number of rotatable bonds is 4. The highest BCUT2D eigenvalue weighted by Gasteiger charge is 2.22. The number of carbonyl (C=O) groups is 2. The molecule has 8 nitrogen and oxygen atoms in total. The minimum atomic E-state index is -0.327. The standard InChI is InChI=1S/C25H23N5O3S/c1-15-20-24(29-19-8-3-2-4-13-30(19)25(20)33)34-21(15)23(32)28-18-7-5-6-16(14-18)22(31)27-17-9-11-26-12-10-17/h5-7,9-12,14H,2-4,8,13H2,1H3,(H,28,32)(H,26,27,31). The fourth-order valence-electron chi connectivity index (χ4n) is 4.19. The van der Waals surface area contributed by atoms with Gasteiger partial charge in [0.25, 0.3) is 17.4 Å². The molecule has 0 unspecified atom stereocenters. The van der Waals surface area contributed by atoms with Gasteiger partial charge >= 0.3 is 0 Å². The van der Waals surface area contributed by atoms with E-state index in [0.29, 0.717) is 44.1 Å². The van der Waals surface area contributed by atoms with Crippen LogP contribution in [0.15, 0.2) is 53.6 Å².